The van der Waals surface area contributed by atoms with Gasteiger partial charge >= 0.3 is 0 Å². The first kappa shape index (κ1) is 12.7. The zero-order valence-electron chi connectivity index (χ0n) is 9.53. The molecule has 1 heterocycles. The number of rotatable bonds is 3. The molecule has 2 amide bonds. The molecule has 1 fully saturated rings. The highest BCUT2D eigenvalue weighted by molar-refractivity contribution is 8.18. The molecule has 16 heavy (non-hydrogen) atoms. The minimum Gasteiger partial charge on any atom is -0.290 e. The summed E-state index contributed by atoms with van der Waals surface area (Å²) >= 11 is 0.919. The number of hydrogen-bond donors (Lipinski definition) is 1. The van der Waals surface area contributed by atoms with Crippen molar-refractivity contribution in [3.05, 3.63) is 22.6 Å². The molecule has 1 N–H and O–H groups in total. The number of allylic oxidation sites excluding steroid dienone is 3. The Morgan fingerprint density at radius 2 is 2.19 bits per heavy atom. The summed E-state index contributed by atoms with van der Waals surface area (Å²) in [5.74, 6) is -0.335. The van der Waals surface area contributed by atoms with Crippen LogP contribution in [0.15, 0.2) is 27.6 Å². The van der Waals surface area contributed by atoms with Gasteiger partial charge in [-0.3, -0.25) is 19.9 Å². The van der Waals surface area contributed by atoms with Gasteiger partial charge in [0.1, 0.15) is 0 Å². The van der Waals surface area contributed by atoms with E-state index in [2.05, 4.69) is 10.3 Å². The number of hydrogen-bond acceptors (Lipinski definition) is 4. The second-order valence-corrected chi connectivity index (χ2v) is 4.17. The summed E-state index contributed by atoms with van der Waals surface area (Å²) in [4.78, 5) is 27.0. The summed E-state index contributed by atoms with van der Waals surface area (Å²) in [7, 11) is 0. The third-order valence-electron chi connectivity index (χ3n) is 2.05. The molecule has 0 spiro atoms. The van der Waals surface area contributed by atoms with Crippen LogP contribution in [0.3, 0.4) is 0 Å². The molecule has 0 aliphatic carbocycles. The number of nitrogens with zero attached hydrogens (tertiary/aromatic N) is 1. The molecular weight excluding hydrogens is 224 g/mol. The molecule has 0 aromatic heterocycles. The average molecular weight is 238 g/mol. The molecule has 0 saturated carbocycles. The highest BCUT2D eigenvalue weighted by atomic mass is 32.2. The van der Waals surface area contributed by atoms with Gasteiger partial charge in [0.15, 0.2) is 0 Å². The van der Waals surface area contributed by atoms with E-state index in [1.807, 2.05) is 26.8 Å². The van der Waals surface area contributed by atoms with Crippen molar-refractivity contribution in [1.29, 1.82) is 0 Å². The monoisotopic (exact) mass is 238 g/mol. The number of nitrogens with one attached hydrogen (secondary N) is 1. The van der Waals surface area contributed by atoms with Crippen molar-refractivity contribution in [2.24, 2.45) is 4.99 Å². The molecule has 0 aromatic carbocycles. The fourth-order valence-corrected chi connectivity index (χ4v) is 1.96. The van der Waals surface area contributed by atoms with Crippen LogP contribution in [-0.4, -0.2) is 23.4 Å². The normalized spacial score (nSPS) is 20.6. The van der Waals surface area contributed by atoms with Gasteiger partial charge in [0.2, 0.25) is 0 Å². The van der Waals surface area contributed by atoms with E-state index < -0.39 is 0 Å². The molecule has 0 bridgehead atoms. The van der Waals surface area contributed by atoms with E-state index in [1.54, 1.807) is 6.08 Å². The second-order valence-electron chi connectivity index (χ2n) is 3.16. The van der Waals surface area contributed by atoms with Crippen LogP contribution >= 0.6 is 11.8 Å². The Balaban J connectivity index is 2.93. The SMILES string of the molecule is C/C=C(/C=C1\SC(=O)NC1=O)C(\C)=N/CC. The topological polar surface area (TPSA) is 58.5 Å². The van der Waals surface area contributed by atoms with E-state index >= 15 is 0 Å². The second kappa shape index (κ2) is 5.65. The number of carbonyl (C=O) groups is 2. The number of aliphatic imine (C=N–C) groups is 1. The van der Waals surface area contributed by atoms with Gasteiger partial charge in [-0.25, -0.2) is 0 Å². The Hall–Kier alpha value is -1.36. The lowest BCUT2D eigenvalue weighted by atomic mass is 10.1. The third-order valence-corrected chi connectivity index (χ3v) is 2.86. The summed E-state index contributed by atoms with van der Waals surface area (Å²) in [5.41, 5.74) is 1.74. The zero-order chi connectivity index (χ0) is 12.1. The van der Waals surface area contributed by atoms with Gasteiger partial charge in [0.25, 0.3) is 11.1 Å². The molecule has 0 atom stereocenters. The van der Waals surface area contributed by atoms with Crippen LogP contribution in [0, 0.1) is 0 Å². The van der Waals surface area contributed by atoms with Crippen molar-refractivity contribution in [3.8, 4) is 0 Å². The van der Waals surface area contributed by atoms with E-state index in [1.165, 1.54) is 0 Å². The summed E-state index contributed by atoms with van der Waals surface area (Å²) in [6.07, 6.45) is 3.57. The van der Waals surface area contributed by atoms with Crippen molar-refractivity contribution in [3.63, 3.8) is 0 Å². The number of amides is 2. The van der Waals surface area contributed by atoms with Crippen molar-refractivity contribution in [2.75, 3.05) is 6.54 Å². The van der Waals surface area contributed by atoms with Gasteiger partial charge in [-0.15, -0.1) is 0 Å². The van der Waals surface area contributed by atoms with E-state index in [-0.39, 0.29) is 11.1 Å². The Morgan fingerprint density at radius 3 is 2.62 bits per heavy atom. The van der Waals surface area contributed by atoms with Crippen molar-refractivity contribution in [1.82, 2.24) is 5.32 Å². The van der Waals surface area contributed by atoms with Crippen LogP contribution in [0.2, 0.25) is 0 Å². The standard InChI is InChI=1S/C11H14N2O2S/c1-4-8(7(3)12-5-2)6-9-10(14)13-11(15)16-9/h4,6H,5H2,1-3H3,(H,13,14,15)/b8-4-,9-6-,12-7-. The largest absolute Gasteiger partial charge is 0.290 e. The lowest BCUT2D eigenvalue weighted by Gasteiger charge is -2.01. The molecular formula is C11H14N2O2S. The fraction of sp³-hybridized carbons (Fsp3) is 0.364. The number of thioether (sulfide) groups is 1. The summed E-state index contributed by atoms with van der Waals surface area (Å²) < 4.78 is 0. The quantitative estimate of drug-likeness (QED) is 0.606. The molecule has 0 unspecified atom stereocenters. The lowest BCUT2D eigenvalue weighted by molar-refractivity contribution is -0.115. The van der Waals surface area contributed by atoms with Crippen LogP contribution in [0.4, 0.5) is 4.79 Å². The Bertz CT molecular complexity index is 408. The highest BCUT2D eigenvalue weighted by Gasteiger charge is 2.25. The summed E-state index contributed by atoms with van der Waals surface area (Å²) in [6, 6.07) is 0. The van der Waals surface area contributed by atoms with Crippen molar-refractivity contribution < 1.29 is 9.59 Å². The Kier molecular flexibility index (Phi) is 4.49. The van der Waals surface area contributed by atoms with Crippen LogP contribution in [0.25, 0.3) is 0 Å². The number of carbonyl (C=O) groups excluding carboxylic acids is 2. The van der Waals surface area contributed by atoms with Gasteiger partial charge < -0.3 is 0 Å². The maximum Gasteiger partial charge on any atom is 0.290 e. The first-order valence-corrected chi connectivity index (χ1v) is 5.82. The van der Waals surface area contributed by atoms with Gasteiger partial charge in [-0.2, -0.15) is 0 Å². The first-order valence-electron chi connectivity index (χ1n) is 5.01. The van der Waals surface area contributed by atoms with Crippen LogP contribution < -0.4 is 5.32 Å². The third kappa shape index (κ3) is 3.06. The molecule has 0 radical (unpaired) electrons. The molecule has 86 valence electrons. The lowest BCUT2D eigenvalue weighted by Crippen LogP contribution is -2.18. The molecule has 0 aromatic rings. The van der Waals surface area contributed by atoms with Gasteiger partial charge in [-0.05, 0) is 44.2 Å². The van der Waals surface area contributed by atoms with Gasteiger partial charge in [0.05, 0.1) is 4.91 Å². The van der Waals surface area contributed by atoms with E-state index in [0.717, 1.165) is 23.0 Å². The van der Waals surface area contributed by atoms with Crippen molar-refractivity contribution >= 4 is 28.6 Å². The summed E-state index contributed by atoms with van der Waals surface area (Å²) in [5, 5.41) is 1.89. The molecule has 1 aliphatic heterocycles. The molecule has 4 nitrogen and oxygen atoms in total. The Labute approximate surface area is 98.9 Å². The van der Waals surface area contributed by atoms with E-state index in [4.69, 9.17) is 0 Å². The first-order chi connectivity index (χ1) is 7.58. The predicted octanol–water partition coefficient (Wildman–Crippen LogP) is 2.28. The smallest absolute Gasteiger partial charge is 0.290 e. The van der Waals surface area contributed by atoms with Crippen LogP contribution in [-0.2, 0) is 4.79 Å². The van der Waals surface area contributed by atoms with Crippen molar-refractivity contribution in [2.45, 2.75) is 20.8 Å². The molecule has 5 heteroatoms. The Morgan fingerprint density at radius 1 is 1.50 bits per heavy atom. The molecule has 1 saturated heterocycles. The summed E-state index contributed by atoms with van der Waals surface area (Å²) in [6.45, 7) is 6.41. The minimum atomic E-state index is -0.335. The fourth-order valence-electron chi connectivity index (χ4n) is 1.29. The molecule has 1 rings (SSSR count). The zero-order valence-corrected chi connectivity index (χ0v) is 10.4. The van der Waals surface area contributed by atoms with E-state index in [9.17, 15) is 9.59 Å². The highest BCUT2D eigenvalue weighted by Crippen LogP contribution is 2.24. The van der Waals surface area contributed by atoms with Gasteiger partial charge in [-0.1, -0.05) is 6.08 Å². The van der Waals surface area contributed by atoms with Crippen LogP contribution in [0.1, 0.15) is 20.8 Å². The van der Waals surface area contributed by atoms with Gasteiger partial charge in [0, 0.05) is 12.3 Å². The van der Waals surface area contributed by atoms with Crippen LogP contribution in [0.5, 0.6) is 0 Å². The number of imide groups is 1. The molecule has 1 aliphatic rings. The minimum absolute atomic E-state index is 0.322. The van der Waals surface area contributed by atoms with E-state index in [0.29, 0.717) is 11.4 Å². The maximum absolute atomic E-state index is 11.3. The average Bonchev–Trinajstić information content (AvgIpc) is 2.54. The predicted molar refractivity (Wildman–Crippen MR) is 66.6 cm³/mol. The maximum atomic E-state index is 11.3.